The van der Waals surface area contributed by atoms with Crippen molar-refractivity contribution in [2.24, 2.45) is 0 Å². The van der Waals surface area contributed by atoms with Crippen LogP contribution in [0.5, 0.6) is 0 Å². The van der Waals surface area contributed by atoms with Gasteiger partial charge in [0, 0.05) is 12.2 Å². The summed E-state index contributed by atoms with van der Waals surface area (Å²) in [6.45, 7) is 1.30. The molecule has 0 saturated carbocycles. The average molecular weight is 283 g/mol. The topological polar surface area (TPSA) is 62.2 Å². The molecular weight excluding hydrogens is 273 g/mol. The van der Waals surface area contributed by atoms with E-state index in [1.807, 2.05) is 0 Å². The van der Waals surface area contributed by atoms with Crippen LogP contribution < -0.4 is 5.32 Å². The summed E-state index contributed by atoms with van der Waals surface area (Å²) in [5.74, 6) is -1.35. The van der Waals surface area contributed by atoms with Crippen molar-refractivity contribution in [2.45, 2.75) is 25.6 Å². The summed E-state index contributed by atoms with van der Waals surface area (Å²) in [4.78, 5) is 14.5. The largest absolute Gasteiger partial charge is 0.478 e. The van der Waals surface area contributed by atoms with E-state index in [9.17, 15) is 18.0 Å². The lowest BCUT2D eigenvalue weighted by Gasteiger charge is -2.17. The first kappa shape index (κ1) is 14.6. The number of alkyl halides is 3. The predicted molar refractivity (Wildman–Crippen MR) is 60.0 cm³/mol. The molecule has 8 heteroatoms. The molecule has 0 radical (unpaired) electrons. The number of aromatic carboxylic acids is 1. The third-order valence-corrected chi connectivity index (χ3v) is 2.42. The van der Waals surface area contributed by atoms with Crippen molar-refractivity contribution < 1.29 is 23.1 Å². The first-order chi connectivity index (χ1) is 8.20. The van der Waals surface area contributed by atoms with E-state index in [2.05, 4.69) is 10.3 Å². The van der Waals surface area contributed by atoms with Crippen molar-refractivity contribution in [3.05, 3.63) is 22.8 Å². The Labute approximate surface area is 106 Å². The van der Waals surface area contributed by atoms with Crippen molar-refractivity contribution in [3.8, 4) is 0 Å². The molecule has 100 valence electrons. The van der Waals surface area contributed by atoms with E-state index in [1.165, 1.54) is 13.0 Å². The summed E-state index contributed by atoms with van der Waals surface area (Å²) in [6.07, 6.45) is -4.22. The molecule has 1 aromatic rings. The lowest BCUT2D eigenvalue weighted by molar-refractivity contribution is -0.136. The maximum atomic E-state index is 12.1. The molecule has 1 atom stereocenters. The lowest BCUT2D eigenvalue weighted by Crippen LogP contribution is -2.24. The maximum Gasteiger partial charge on any atom is 0.391 e. The Bertz CT molecular complexity index is 451. The number of nitrogens with zero attached hydrogens (tertiary/aromatic N) is 1. The number of rotatable bonds is 4. The van der Waals surface area contributed by atoms with Gasteiger partial charge in [-0.15, -0.1) is 0 Å². The molecule has 1 unspecified atom stereocenters. The van der Waals surface area contributed by atoms with Crippen molar-refractivity contribution in [3.63, 3.8) is 0 Å². The number of aromatic nitrogens is 1. The summed E-state index contributed by atoms with van der Waals surface area (Å²) in [5.41, 5.74) is -0.214. The van der Waals surface area contributed by atoms with Crippen LogP contribution in [0.2, 0.25) is 5.02 Å². The normalized spacial score (nSPS) is 13.2. The fraction of sp³-hybridized carbons (Fsp3) is 0.400. The molecule has 0 spiro atoms. The van der Waals surface area contributed by atoms with Gasteiger partial charge in [-0.1, -0.05) is 11.6 Å². The summed E-state index contributed by atoms with van der Waals surface area (Å²) in [5, 5.41) is 11.0. The van der Waals surface area contributed by atoms with Gasteiger partial charge in [-0.05, 0) is 13.0 Å². The number of pyridine rings is 1. The van der Waals surface area contributed by atoms with Gasteiger partial charge in [0.1, 0.15) is 5.82 Å². The maximum absolute atomic E-state index is 12.1. The fourth-order valence-corrected chi connectivity index (χ4v) is 1.59. The molecule has 0 bridgehead atoms. The molecule has 0 amide bonds. The Morgan fingerprint density at radius 1 is 1.61 bits per heavy atom. The molecule has 0 saturated heterocycles. The number of halogens is 4. The Morgan fingerprint density at radius 2 is 2.22 bits per heavy atom. The first-order valence-corrected chi connectivity index (χ1v) is 5.29. The molecule has 0 aliphatic rings. The smallest absolute Gasteiger partial charge is 0.391 e. The van der Waals surface area contributed by atoms with Crippen LogP contribution in [0.3, 0.4) is 0 Å². The van der Waals surface area contributed by atoms with Crippen LogP contribution in [-0.4, -0.2) is 28.3 Å². The van der Waals surface area contributed by atoms with Crippen molar-refractivity contribution in [1.82, 2.24) is 4.98 Å². The number of carboxylic acid groups (broad SMARTS) is 1. The van der Waals surface area contributed by atoms with Gasteiger partial charge >= 0.3 is 12.1 Å². The minimum absolute atomic E-state index is 0.0756. The number of carboxylic acids is 1. The standard InChI is InChI=1S/C10H10ClF3N2O2/c1-5(4-10(12,13)14)16-8-7(11)6(9(17)18)2-3-15-8/h2-3,5H,4H2,1H3,(H,15,16)(H,17,18). The van der Waals surface area contributed by atoms with Crippen LogP contribution in [0.25, 0.3) is 0 Å². The van der Waals surface area contributed by atoms with Gasteiger partial charge in [-0.3, -0.25) is 0 Å². The second-order valence-corrected chi connectivity index (χ2v) is 4.07. The third kappa shape index (κ3) is 4.06. The van der Waals surface area contributed by atoms with E-state index in [-0.39, 0.29) is 16.4 Å². The molecular formula is C10H10ClF3N2O2. The van der Waals surface area contributed by atoms with Gasteiger partial charge in [-0.2, -0.15) is 13.2 Å². The highest BCUT2D eigenvalue weighted by Crippen LogP contribution is 2.27. The van der Waals surface area contributed by atoms with Gasteiger partial charge in [0.05, 0.1) is 17.0 Å². The van der Waals surface area contributed by atoms with Crippen LogP contribution in [0.15, 0.2) is 12.3 Å². The molecule has 0 aliphatic carbocycles. The molecule has 1 rings (SSSR count). The monoisotopic (exact) mass is 282 g/mol. The van der Waals surface area contributed by atoms with Gasteiger partial charge in [0.2, 0.25) is 0 Å². The van der Waals surface area contributed by atoms with Crippen molar-refractivity contribution in [2.75, 3.05) is 5.32 Å². The van der Waals surface area contributed by atoms with E-state index in [0.29, 0.717) is 0 Å². The number of hydrogen-bond acceptors (Lipinski definition) is 3. The Hall–Kier alpha value is -1.50. The zero-order chi connectivity index (χ0) is 13.9. The van der Waals surface area contributed by atoms with Crippen molar-refractivity contribution >= 4 is 23.4 Å². The highest BCUT2D eigenvalue weighted by Gasteiger charge is 2.30. The van der Waals surface area contributed by atoms with Crippen LogP contribution >= 0.6 is 11.6 Å². The summed E-state index contributed by atoms with van der Waals surface area (Å²) >= 11 is 5.73. The van der Waals surface area contributed by atoms with Crippen LogP contribution in [0.1, 0.15) is 23.7 Å². The van der Waals surface area contributed by atoms with Gasteiger partial charge in [0.15, 0.2) is 0 Å². The molecule has 1 aromatic heterocycles. The summed E-state index contributed by atoms with van der Waals surface area (Å²) in [7, 11) is 0. The van der Waals surface area contributed by atoms with Gasteiger partial charge in [0.25, 0.3) is 0 Å². The zero-order valence-corrected chi connectivity index (χ0v) is 10.0. The highest BCUT2D eigenvalue weighted by atomic mass is 35.5. The lowest BCUT2D eigenvalue weighted by atomic mass is 10.2. The number of hydrogen-bond donors (Lipinski definition) is 2. The molecule has 18 heavy (non-hydrogen) atoms. The van der Waals surface area contributed by atoms with Gasteiger partial charge in [-0.25, -0.2) is 9.78 Å². The second-order valence-electron chi connectivity index (χ2n) is 3.69. The first-order valence-electron chi connectivity index (χ1n) is 4.92. The summed E-state index contributed by atoms with van der Waals surface area (Å²) < 4.78 is 36.4. The quantitative estimate of drug-likeness (QED) is 0.890. The molecule has 0 aromatic carbocycles. The minimum atomic E-state index is -4.32. The SMILES string of the molecule is CC(CC(F)(F)F)Nc1nccc(C(=O)O)c1Cl. The van der Waals surface area contributed by atoms with E-state index >= 15 is 0 Å². The molecule has 1 heterocycles. The fourth-order valence-electron chi connectivity index (χ4n) is 1.34. The molecule has 0 aliphatic heterocycles. The number of anilines is 1. The molecule has 4 nitrogen and oxygen atoms in total. The zero-order valence-electron chi connectivity index (χ0n) is 9.25. The minimum Gasteiger partial charge on any atom is -0.478 e. The third-order valence-electron chi connectivity index (χ3n) is 2.04. The Kier molecular flexibility index (Phi) is 4.39. The highest BCUT2D eigenvalue weighted by molar-refractivity contribution is 6.35. The second kappa shape index (κ2) is 5.43. The number of nitrogens with one attached hydrogen (secondary N) is 1. The summed E-state index contributed by atoms with van der Waals surface area (Å²) in [6, 6.07) is 0.212. The average Bonchev–Trinajstić information content (AvgIpc) is 2.17. The Morgan fingerprint density at radius 3 is 2.72 bits per heavy atom. The van der Waals surface area contributed by atoms with Crippen LogP contribution in [0.4, 0.5) is 19.0 Å². The van der Waals surface area contributed by atoms with Crippen LogP contribution in [0, 0.1) is 0 Å². The number of carbonyl (C=O) groups is 1. The Balaban J connectivity index is 2.85. The van der Waals surface area contributed by atoms with E-state index in [0.717, 1.165) is 6.20 Å². The van der Waals surface area contributed by atoms with Gasteiger partial charge < -0.3 is 10.4 Å². The van der Waals surface area contributed by atoms with Crippen molar-refractivity contribution in [1.29, 1.82) is 0 Å². The van der Waals surface area contributed by atoms with E-state index in [1.54, 1.807) is 0 Å². The predicted octanol–water partition coefficient (Wildman–Crippen LogP) is 3.19. The molecule has 0 fully saturated rings. The van der Waals surface area contributed by atoms with Crippen LogP contribution in [-0.2, 0) is 0 Å². The van der Waals surface area contributed by atoms with E-state index < -0.39 is 24.6 Å². The molecule has 2 N–H and O–H groups in total. The van der Waals surface area contributed by atoms with E-state index in [4.69, 9.17) is 16.7 Å².